The minimum atomic E-state index is -4.78. The summed E-state index contributed by atoms with van der Waals surface area (Å²) in [5.41, 5.74) is 5.31. The molecule has 0 atom stereocenters. The summed E-state index contributed by atoms with van der Waals surface area (Å²) in [5, 5.41) is 0. The number of alkyl halides is 3. The van der Waals surface area contributed by atoms with Crippen LogP contribution in [0.5, 0.6) is 11.5 Å². The molecule has 0 amide bonds. The van der Waals surface area contributed by atoms with E-state index in [4.69, 9.17) is 10.5 Å². The van der Waals surface area contributed by atoms with Crippen molar-refractivity contribution in [1.29, 1.82) is 0 Å². The number of nitrogens with zero attached hydrogens (tertiary/aromatic N) is 1. The number of nitrogens with two attached hydrogens (primary N) is 1. The first-order chi connectivity index (χ1) is 9.81. The maximum absolute atomic E-state index is 13.2. The summed E-state index contributed by atoms with van der Waals surface area (Å²) in [6.45, 7) is 1.83. The van der Waals surface area contributed by atoms with Crippen molar-refractivity contribution < 1.29 is 22.3 Å². The van der Waals surface area contributed by atoms with Gasteiger partial charge in [-0.3, -0.25) is 4.98 Å². The van der Waals surface area contributed by atoms with E-state index in [1.165, 1.54) is 6.20 Å². The van der Waals surface area contributed by atoms with Gasteiger partial charge >= 0.3 is 6.18 Å². The van der Waals surface area contributed by atoms with Crippen molar-refractivity contribution >= 4 is 0 Å². The molecule has 7 heteroatoms. The van der Waals surface area contributed by atoms with Crippen molar-refractivity contribution in [3.8, 4) is 11.5 Å². The second-order valence-electron chi connectivity index (χ2n) is 4.38. The zero-order valence-electron chi connectivity index (χ0n) is 11.0. The molecular weight excluding hydrogens is 288 g/mol. The van der Waals surface area contributed by atoms with Crippen LogP contribution in [0.2, 0.25) is 0 Å². The highest BCUT2D eigenvalue weighted by atomic mass is 19.4. The average molecular weight is 300 g/mol. The predicted molar refractivity (Wildman–Crippen MR) is 68.3 cm³/mol. The monoisotopic (exact) mass is 300 g/mol. The van der Waals surface area contributed by atoms with E-state index in [0.717, 1.165) is 6.07 Å². The van der Waals surface area contributed by atoms with Gasteiger partial charge in [0.1, 0.15) is 17.3 Å². The van der Waals surface area contributed by atoms with Gasteiger partial charge in [-0.05, 0) is 25.1 Å². The van der Waals surface area contributed by atoms with E-state index in [0.29, 0.717) is 29.1 Å². The van der Waals surface area contributed by atoms with Crippen molar-refractivity contribution in [2.75, 3.05) is 0 Å². The molecule has 21 heavy (non-hydrogen) atoms. The van der Waals surface area contributed by atoms with Crippen LogP contribution in [-0.2, 0) is 12.7 Å². The Morgan fingerprint density at radius 1 is 1.24 bits per heavy atom. The van der Waals surface area contributed by atoms with Crippen LogP contribution >= 0.6 is 0 Å². The number of halogens is 4. The molecule has 0 aliphatic rings. The van der Waals surface area contributed by atoms with E-state index < -0.39 is 17.6 Å². The number of ether oxygens (including phenoxy) is 1. The van der Waals surface area contributed by atoms with Gasteiger partial charge in [0, 0.05) is 30.1 Å². The molecule has 2 N–H and O–H groups in total. The van der Waals surface area contributed by atoms with Gasteiger partial charge in [0.05, 0.1) is 5.56 Å². The van der Waals surface area contributed by atoms with Crippen molar-refractivity contribution in [3.05, 3.63) is 53.1 Å². The van der Waals surface area contributed by atoms with Gasteiger partial charge < -0.3 is 10.5 Å². The largest absolute Gasteiger partial charge is 0.457 e. The lowest BCUT2D eigenvalue weighted by atomic mass is 10.2. The quantitative estimate of drug-likeness (QED) is 0.877. The Bertz CT molecular complexity index is 656. The number of aromatic nitrogens is 1. The van der Waals surface area contributed by atoms with E-state index >= 15 is 0 Å². The van der Waals surface area contributed by atoms with Crippen LogP contribution in [-0.4, -0.2) is 4.98 Å². The van der Waals surface area contributed by atoms with Gasteiger partial charge in [-0.25, -0.2) is 4.39 Å². The number of rotatable bonds is 3. The second kappa shape index (κ2) is 5.69. The Kier molecular flexibility index (Phi) is 4.13. The van der Waals surface area contributed by atoms with Gasteiger partial charge in [0.2, 0.25) is 0 Å². The standard InChI is InChI=1S/C14H12F4N2O/c1-8-4-13(9(6-19)7-20-8)21-10-2-3-12(15)11(5-10)14(16,17)18/h2-5,7H,6,19H2,1H3. The molecule has 0 spiro atoms. The number of aryl methyl sites for hydroxylation is 1. The zero-order valence-corrected chi connectivity index (χ0v) is 11.0. The molecule has 2 rings (SSSR count). The minimum absolute atomic E-state index is 0.121. The number of hydrogen-bond acceptors (Lipinski definition) is 3. The molecule has 0 saturated heterocycles. The molecule has 0 radical (unpaired) electrons. The first-order valence-electron chi connectivity index (χ1n) is 6.01. The van der Waals surface area contributed by atoms with Crippen LogP contribution in [0.4, 0.5) is 17.6 Å². The zero-order chi connectivity index (χ0) is 15.6. The van der Waals surface area contributed by atoms with E-state index in [-0.39, 0.29) is 12.3 Å². The van der Waals surface area contributed by atoms with Gasteiger partial charge in [-0.2, -0.15) is 13.2 Å². The smallest absolute Gasteiger partial charge is 0.419 e. The Balaban J connectivity index is 2.39. The van der Waals surface area contributed by atoms with Crippen LogP contribution in [0.3, 0.4) is 0 Å². The highest BCUT2D eigenvalue weighted by molar-refractivity contribution is 5.39. The summed E-state index contributed by atoms with van der Waals surface area (Å²) < 4.78 is 56.5. The van der Waals surface area contributed by atoms with Gasteiger partial charge in [-0.15, -0.1) is 0 Å². The van der Waals surface area contributed by atoms with E-state index in [9.17, 15) is 17.6 Å². The highest BCUT2D eigenvalue weighted by Crippen LogP contribution is 2.35. The topological polar surface area (TPSA) is 48.1 Å². The molecule has 0 fully saturated rings. The molecule has 0 aliphatic heterocycles. The normalized spacial score (nSPS) is 11.5. The summed E-state index contributed by atoms with van der Waals surface area (Å²) in [6, 6.07) is 4.01. The third-order valence-electron chi connectivity index (χ3n) is 2.77. The molecule has 0 saturated carbocycles. The lowest BCUT2D eigenvalue weighted by Gasteiger charge is -2.13. The van der Waals surface area contributed by atoms with Gasteiger partial charge in [0.25, 0.3) is 0 Å². The van der Waals surface area contributed by atoms with Gasteiger partial charge in [-0.1, -0.05) is 0 Å². The molecule has 112 valence electrons. The van der Waals surface area contributed by atoms with Crippen LogP contribution in [0, 0.1) is 12.7 Å². The lowest BCUT2D eigenvalue weighted by molar-refractivity contribution is -0.140. The van der Waals surface area contributed by atoms with E-state index in [1.54, 1.807) is 13.0 Å². The summed E-state index contributed by atoms with van der Waals surface area (Å²) in [5.74, 6) is -1.17. The number of pyridine rings is 1. The van der Waals surface area contributed by atoms with Crippen LogP contribution < -0.4 is 10.5 Å². The highest BCUT2D eigenvalue weighted by Gasteiger charge is 2.34. The summed E-state index contributed by atoms with van der Waals surface area (Å²) >= 11 is 0. The van der Waals surface area contributed by atoms with E-state index in [2.05, 4.69) is 4.98 Å². The first kappa shape index (κ1) is 15.2. The molecule has 2 aromatic rings. The Morgan fingerprint density at radius 2 is 1.95 bits per heavy atom. The third-order valence-corrected chi connectivity index (χ3v) is 2.77. The molecule has 0 aliphatic carbocycles. The number of benzene rings is 1. The van der Waals surface area contributed by atoms with Crippen molar-refractivity contribution in [3.63, 3.8) is 0 Å². The molecule has 0 bridgehead atoms. The average Bonchev–Trinajstić information content (AvgIpc) is 2.40. The fraction of sp³-hybridized carbons (Fsp3) is 0.214. The fourth-order valence-corrected chi connectivity index (χ4v) is 1.72. The Morgan fingerprint density at radius 3 is 2.57 bits per heavy atom. The predicted octanol–water partition coefficient (Wildman–Crippen LogP) is 3.80. The SMILES string of the molecule is Cc1cc(Oc2ccc(F)c(C(F)(F)F)c2)c(CN)cn1. The van der Waals surface area contributed by atoms with Crippen molar-refractivity contribution in [2.24, 2.45) is 5.73 Å². The molecule has 3 nitrogen and oxygen atoms in total. The third kappa shape index (κ3) is 3.49. The molecular formula is C14H12F4N2O. The van der Waals surface area contributed by atoms with Crippen LogP contribution in [0.25, 0.3) is 0 Å². The maximum Gasteiger partial charge on any atom is 0.419 e. The number of hydrogen-bond donors (Lipinski definition) is 1. The van der Waals surface area contributed by atoms with E-state index in [1.807, 2.05) is 0 Å². The Labute approximate surface area is 118 Å². The van der Waals surface area contributed by atoms with Gasteiger partial charge in [0.15, 0.2) is 0 Å². The molecule has 0 unspecified atom stereocenters. The summed E-state index contributed by atoms with van der Waals surface area (Å²) in [4.78, 5) is 4.02. The van der Waals surface area contributed by atoms with Crippen LogP contribution in [0.1, 0.15) is 16.8 Å². The summed E-state index contributed by atoms with van der Waals surface area (Å²) in [7, 11) is 0. The molecule has 1 aromatic heterocycles. The molecule has 1 heterocycles. The van der Waals surface area contributed by atoms with Crippen LogP contribution in [0.15, 0.2) is 30.5 Å². The Hall–Kier alpha value is -2.15. The summed E-state index contributed by atoms with van der Waals surface area (Å²) in [6.07, 6.45) is -3.30. The molecule has 1 aromatic carbocycles. The second-order valence-corrected chi connectivity index (χ2v) is 4.38. The fourth-order valence-electron chi connectivity index (χ4n) is 1.72. The van der Waals surface area contributed by atoms with Crippen molar-refractivity contribution in [1.82, 2.24) is 4.98 Å². The minimum Gasteiger partial charge on any atom is -0.457 e. The van der Waals surface area contributed by atoms with Crippen molar-refractivity contribution in [2.45, 2.75) is 19.6 Å². The first-order valence-corrected chi connectivity index (χ1v) is 6.01. The lowest BCUT2D eigenvalue weighted by Crippen LogP contribution is -2.08. The maximum atomic E-state index is 13.2.